The number of hydrogen-bond donors (Lipinski definition) is 2. The first-order valence-electron chi connectivity index (χ1n) is 4.85. The van der Waals surface area contributed by atoms with Gasteiger partial charge in [-0.25, -0.2) is 4.98 Å². The maximum atomic E-state index is 8.67. The molecule has 82 valence electrons. The minimum absolute atomic E-state index is 0.629. The molecule has 0 aliphatic rings. The summed E-state index contributed by atoms with van der Waals surface area (Å²) in [5, 5.41) is 18.7. The van der Waals surface area contributed by atoms with E-state index >= 15 is 0 Å². The van der Waals surface area contributed by atoms with Gasteiger partial charge < -0.3 is 5.32 Å². The van der Waals surface area contributed by atoms with Gasteiger partial charge in [-0.15, -0.1) is 11.3 Å². The van der Waals surface area contributed by atoms with E-state index < -0.39 is 0 Å². The number of nitriles is 1. The third-order valence-corrected chi connectivity index (χ3v) is 2.99. The number of nitrogens with one attached hydrogen (secondary N) is 2. The fourth-order valence-electron chi connectivity index (χ4n) is 1.30. The van der Waals surface area contributed by atoms with E-state index in [1.807, 2.05) is 19.1 Å². The molecular weight excluding hydrogens is 222 g/mol. The van der Waals surface area contributed by atoms with Crippen LogP contribution in [0.3, 0.4) is 0 Å². The van der Waals surface area contributed by atoms with Crippen molar-refractivity contribution in [3.8, 4) is 6.07 Å². The van der Waals surface area contributed by atoms with Crippen LogP contribution in [0.15, 0.2) is 12.1 Å². The van der Waals surface area contributed by atoms with Gasteiger partial charge in [-0.2, -0.15) is 10.4 Å². The highest BCUT2D eigenvalue weighted by atomic mass is 32.1. The Labute approximate surface area is 97.1 Å². The molecule has 0 unspecified atom stereocenters. The first-order chi connectivity index (χ1) is 7.78. The van der Waals surface area contributed by atoms with Gasteiger partial charge in [0.25, 0.3) is 0 Å². The van der Waals surface area contributed by atoms with Crippen molar-refractivity contribution >= 4 is 11.3 Å². The van der Waals surface area contributed by atoms with E-state index in [1.165, 1.54) is 11.3 Å². The highest BCUT2D eigenvalue weighted by molar-refractivity contribution is 7.12. The van der Waals surface area contributed by atoms with E-state index in [1.54, 1.807) is 0 Å². The minimum Gasteiger partial charge on any atom is -0.305 e. The van der Waals surface area contributed by atoms with E-state index in [0.717, 1.165) is 27.9 Å². The monoisotopic (exact) mass is 233 g/mol. The van der Waals surface area contributed by atoms with Crippen LogP contribution in [0.1, 0.15) is 21.4 Å². The van der Waals surface area contributed by atoms with E-state index in [2.05, 4.69) is 26.6 Å². The summed E-state index contributed by atoms with van der Waals surface area (Å²) in [6, 6.07) is 5.91. The molecule has 0 spiro atoms. The van der Waals surface area contributed by atoms with Gasteiger partial charge in [0.05, 0.1) is 6.54 Å². The topological polar surface area (TPSA) is 77.4 Å². The van der Waals surface area contributed by atoms with Crippen molar-refractivity contribution in [1.29, 1.82) is 5.26 Å². The Kier molecular flexibility index (Phi) is 3.29. The van der Waals surface area contributed by atoms with E-state index in [-0.39, 0.29) is 0 Å². The zero-order valence-corrected chi connectivity index (χ0v) is 9.64. The first-order valence-corrected chi connectivity index (χ1v) is 5.67. The van der Waals surface area contributed by atoms with Gasteiger partial charge in [0, 0.05) is 11.4 Å². The predicted molar refractivity (Wildman–Crippen MR) is 60.7 cm³/mol. The van der Waals surface area contributed by atoms with Crippen molar-refractivity contribution in [2.75, 3.05) is 0 Å². The molecule has 16 heavy (non-hydrogen) atoms. The molecule has 2 N–H and O–H groups in total. The molecule has 2 rings (SSSR count). The number of rotatable bonds is 4. The molecule has 0 amide bonds. The van der Waals surface area contributed by atoms with Gasteiger partial charge in [0.15, 0.2) is 5.82 Å². The van der Waals surface area contributed by atoms with Crippen LogP contribution >= 0.6 is 11.3 Å². The lowest BCUT2D eigenvalue weighted by Crippen LogP contribution is -2.12. The summed E-state index contributed by atoms with van der Waals surface area (Å²) >= 11 is 1.50. The van der Waals surface area contributed by atoms with Crippen LogP contribution in [0, 0.1) is 18.3 Å². The van der Waals surface area contributed by atoms with Gasteiger partial charge in [0.2, 0.25) is 0 Å². The SMILES string of the molecule is Cc1nc(CNCc2ccc(C#N)s2)n[nH]1. The number of aryl methyl sites for hydroxylation is 1. The zero-order valence-electron chi connectivity index (χ0n) is 8.82. The van der Waals surface area contributed by atoms with Crippen LogP contribution in [0.2, 0.25) is 0 Å². The van der Waals surface area contributed by atoms with Crippen LogP contribution in [0.5, 0.6) is 0 Å². The fourth-order valence-corrected chi connectivity index (χ4v) is 2.07. The molecule has 5 nitrogen and oxygen atoms in total. The summed E-state index contributed by atoms with van der Waals surface area (Å²) in [5.41, 5.74) is 0. The highest BCUT2D eigenvalue weighted by Gasteiger charge is 2.01. The Hall–Kier alpha value is -1.71. The molecule has 0 atom stereocenters. The maximum absolute atomic E-state index is 8.67. The summed E-state index contributed by atoms with van der Waals surface area (Å²) in [4.78, 5) is 6.07. The van der Waals surface area contributed by atoms with Crippen molar-refractivity contribution < 1.29 is 0 Å². The van der Waals surface area contributed by atoms with Gasteiger partial charge >= 0.3 is 0 Å². The largest absolute Gasteiger partial charge is 0.305 e. The Morgan fingerprint density at radius 2 is 2.38 bits per heavy atom. The first kappa shape index (κ1) is 10.8. The van der Waals surface area contributed by atoms with Gasteiger partial charge in [-0.1, -0.05) is 0 Å². The molecule has 0 saturated carbocycles. The number of hydrogen-bond acceptors (Lipinski definition) is 5. The van der Waals surface area contributed by atoms with Gasteiger partial charge in [-0.05, 0) is 19.1 Å². The van der Waals surface area contributed by atoms with Crippen LogP contribution in [0.25, 0.3) is 0 Å². The molecule has 0 saturated heterocycles. The Bertz CT molecular complexity index is 507. The smallest absolute Gasteiger partial charge is 0.164 e. The second-order valence-electron chi connectivity index (χ2n) is 3.32. The second kappa shape index (κ2) is 4.88. The standard InChI is InChI=1S/C10H11N5S/c1-7-13-10(15-14-7)6-12-5-9-3-2-8(4-11)16-9/h2-3,12H,5-6H2,1H3,(H,13,14,15). The molecule has 0 bridgehead atoms. The number of nitrogens with zero attached hydrogens (tertiary/aromatic N) is 3. The molecule has 0 aromatic carbocycles. The Balaban J connectivity index is 1.82. The third-order valence-electron chi connectivity index (χ3n) is 2.00. The Morgan fingerprint density at radius 3 is 3.00 bits per heavy atom. The van der Waals surface area contributed by atoms with Crippen LogP contribution in [0.4, 0.5) is 0 Å². The van der Waals surface area contributed by atoms with Crippen LogP contribution in [-0.2, 0) is 13.1 Å². The summed E-state index contributed by atoms with van der Waals surface area (Å²) < 4.78 is 0. The lowest BCUT2D eigenvalue weighted by atomic mass is 10.4. The van der Waals surface area contributed by atoms with Crippen LogP contribution in [-0.4, -0.2) is 15.2 Å². The van der Waals surface area contributed by atoms with E-state index in [0.29, 0.717) is 6.54 Å². The van der Waals surface area contributed by atoms with Gasteiger partial charge in [0.1, 0.15) is 16.8 Å². The maximum Gasteiger partial charge on any atom is 0.164 e. The van der Waals surface area contributed by atoms with E-state index in [9.17, 15) is 0 Å². The molecule has 2 aromatic rings. The van der Waals surface area contributed by atoms with Crippen molar-refractivity contribution in [3.05, 3.63) is 33.5 Å². The lowest BCUT2D eigenvalue weighted by molar-refractivity contribution is 0.671. The number of thiophene rings is 1. The molecular formula is C10H11N5S. The summed E-state index contributed by atoms with van der Waals surface area (Å²) in [6.45, 7) is 3.24. The fraction of sp³-hybridized carbons (Fsp3) is 0.300. The highest BCUT2D eigenvalue weighted by Crippen LogP contribution is 2.14. The van der Waals surface area contributed by atoms with Crippen molar-refractivity contribution in [2.24, 2.45) is 0 Å². The predicted octanol–water partition coefficient (Wildman–Crippen LogP) is 1.34. The lowest BCUT2D eigenvalue weighted by Gasteiger charge is -1.98. The quantitative estimate of drug-likeness (QED) is 0.835. The van der Waals surface area contributed by atoms with Crippen molar-refractivity contribution in [2.45, 2.75) is 20.0 Å². The van der Waals surface area contributed by atoms with Gasteiger partial charge in [-0.3, -0.25) is 5.10 Å². The Morgan fingerprint density at radius 1 is 1.50 bits per heavy atom. The van der Waals surface area contributed by atoms with E-state index in [4.69, 9.17) is 5.26 Å². The molecule has 6 heteroatoms. The molecule has 2 heterocycles. The number of aromatic nitrogens is 3. The normalized spacial score (nSPS) is 10.2. The average molecular weight is 233 g/mol. The molecule has 0 aliphatic heterocycles. The summed E-state index contributed by atoms with van der Waals surface area (Å²) in [6.07, 6.45) is 0. The van der Waals surface area contributed by atoms with Crippen molar-refractivity contribution in [1.82, 2.24) is 20.5 Å². The number of aromatic amines is 1. The third kappa shape index (κ3) is 2.66. The van der Waals surface area contributed by atoms with Crippen LogP contribution < -0.4 is 5.32 Å². The minimum atomic E-state index is 0.629. The summed E-state index contributed by atoms with van der Waals surface area (Å²) in [5.74, 6) is 1.58. The number of H-pyrrole nitrogens is 1. The molecule has 0 aliphatic carbocycles. The van der Waals surface area contributed by atoms with Crippen molar-refractivity contribution in [3.63, 3.8) is 0 Å². The molecule has 2 aromatic heterocycles. The average Bonchev–Trinajstić information content (AvgIpc) is 2.88. The summed E-state index contributed by atoms with van der Waals surface area (Å²) in [7, 11) is 0. The second-order valence-corrected chi connectivity index (χ2v) is 4.49. The zero-order chi connectivity index (χ0) is 11.4. The molecule has 0 fully saturated rings. The molecule has 0 radical (unpaired) electrons.